The maximum absolute atomic E-state index is 12.7. The lowest BCUT2D eigenvalue weighted by Crippen LogP contribution is -2.65. The molecule has 6 heteroatoms. The van der Waals surface area contributed by atoms with Crippen molar-refractivity contribution >= 4 is 11.9 Å². The van der Waals surface area contributed by atoms with Crippen molar-refractivity contribution in [3.63, 3.8) is 0 Å². The molecule has 5 aliphatic rings. The van der Waals surface area contributed by atoms with E-state index in [1.807, 2.05) is 0 Å². The average Bonchev–Trinajstić information content (AvgIpc) is 3.44. The molecule has 1 aliphatic heterocycles. The van der Waals surface area contributed by atoms with Crippen molar-refractivity contribution < 1.29 is 24.2 Å². The molecule has 0 amide bonds. The topological polar surface area (TPSA) is 96.6 Å². The Morgan fingerprint density at radius 1 is 1.02 bits per heavy atom. The first-order chi connectivity index (χ1) is 19.9. The number of carboxylic acids is 1. The normalized spacial score (nSPS) is 43.6. The van der Waals surface area contributed by atoms with Crippen LogP contribution in [-0.4, -0.2) is 35.9 Å². The van der Waals surface area contributed by atoms with E-state index in [-0.39, 0.29) is 58.6 Å². The van der Waals surface area contributed by atoms with Crippen LogP contribution in [0.2, 0.25) is 0 Å². The number of esters is 1. The Morgan fingerprint density at radius 3 is 2.28 bits per heavy atom. The first-order valence-corrected chi connectivity index (χ1v) is 16.9. The summed E-state index contributed by atoms with van der Waals surface area (Å²) < 4.78 is 12.6. The molecule has 1 saturated heterocycles. The number of nitriles is 1. The molecule has 2 bridgehead atoms. The van der Waals surface area contributed by atoms with E-state index in [4.69, 9.17) is 9.47 Å². The van der Waals surface area contributed by atoms with Gasteiger partial charge in [-0.3, -0.25) is 9.59 Å². The summed E-state index contributed by atoms with van der Waals surface area (Å²) in [7, 11) is 0. The molecule has 0 aromatic rings. The molecule has 240 valence electrons. The third-order valence-electron chi connectivity index (χ3n) is 14.8. The highest BCUT2D eigenvalue weighted by Crippen LogP contribution is 2.78. The van der Waals surface area contributed by atoms with Crippen molar-refractivity contribution in [3.05, 3.63) is 12.2 Å². The lowest BCUT2D eigenvalue weighted by molar-refractivity contribution is -0.226. The SMILES string of the molecule is C=C(C)C12CCC3(CC[C@]4(C)C(CCC5[C@@](C)(CC#N)C(C(C)(C)COC(=O)CCC(C)(C)C(=O)O)CC[C@]54C)C31)CO2. The lowest BCUT2D eigenvalue weighted by Gasteiger charge is -2.71. The number of rotatable bonds is 9. The van der Waals surface area contributed by atoms with E-state index in [1.165, 1.54) is 31.3 Å². The highest BCUT2D eigenvalue weighted by Gasteiger charge is 2.74. The number of carbonyl (C=O) groups excluding carboxylic acids is 1. The number of ether oxygens (including phenoxy) is 2. The molecule has 1 heterocycles. The minimum absolute atomic E-state index is 0.0913. The Hall–Kier alpha value is -1.87. The highest BCUT2D eigenvalue weighted by molar-refractivity contribution is 5.75. The zero-order valence-electron chi connectivity index (χ0n) is 28.2. The summed E-state index contributed by atoms with van der Waals surface area (Å²) in [5, 5.41) is 19.7. The van der Waals surface area contributed by atoms with Gasteiger partial charge in [0.25, 0.3) is 0 Å². The zero-order chi connectivity index (χ0) is 31.9. The molecule has 6 nitrogen and oxygen atoms in total. The fraction of sp³-hybridized carbons (Fsp3) is 0.865. The summed E-state index contributed by atoms with van der Waals surface area (Å²) in [4.78, 5) is 24.2. The largest absolute Gasteiger partial charge is 0.481 e. The van der Waals surface area contributed by atoms with Gasteiger partial charge in [0.05, 0.1) is 30.3 Å². The fourth-order valence-electron chi connectivity index (χ4n) is 12.1. The first kappa shape index (κ1) is 32.5. The highest BCUT2D eigenvalue weighted by atomic mass is 16.5. The van der Waals surface area contributed by atoms with Gasteiger partial charge < -0.3 is 14.6 Å². The van der Waals surface area contributed by atoms with E-state index in [0.29, 0.717) is 29.6 Å². The molecular weight excluding hydrogens is 538 g/mol. The van der Waals surface area contributed by atoms with E-state index in [9.17, 15) is 20.0 Å². The Morgan fingerprint density at radius 2 is 1.70 bits per heavy atom. The Kier molecular flexibility index (Phi) is 7.81. The van der Waals surface area contributed by atoms with Gasteiger partial charge in [-0.2, -0.15) is 5.26 Å². The van der Waals surface area contributed by atoms with Crippen LogP contribution in [0.25, 0.3) is 0 Å². The molecule has 5 rings (SSSR count). The minimum atomic E-state index is -0.963. The second kappa shape index (κ2) is 10.3. The smallest absolute Gasteiger partial charge is 0.309 e. The number of carboxylic acid groups (broad SMARTS) is 1. The molecule has 1 N–H and O–H groups in total. The zero-order valence-corrected chi connectivity index (χ0v) is 28.2. The molecule has 0 radical (unpaired) electrons. The monoisotopic (exact) mass is 595 g/mol. The van der Waals surface area contributed by atoms with Gasteiger partial charge in [0.2, 0.25) is 0 Å². The van der Waals surface area contributed by atoms with E-state index >= 15 is 0 Å². The Bertz CT molecular complexity index is 1200. The van der Waals surface area contributed by atoms with Crippen molar-refractivity contribution in [2.75, 3.05) is 13.2 Å². The van der Waals surface area contributed by atoms with Gasteiger partial charge in [-0.25, -0.2) is 0 Å². The van der Waals surface area contributed by atoms with Gasteiger partial charge in [0, 0.05) is 29.6 Å². The van der Waals surface area contributed by atoms with Crippen LogP contribution in [-0.2, 0) is 19.1 Å². The second-order valence-corrected chi connectivity index (χ2v) is 17.6. The van der Waals surface area contributed by atoms with Crippen LogP contribution in [0, 0.1) is 67.5 Å². The molecule has 43 heavy (non-hydrogen) atoms. The van der Waals surface area contributed by atoms with Gasteiger partial charge in [-0.15, -0.1) is 0 Å². The van der Waals surface area contributed by atoms with Crippen molar-refractivity contribution in [2.24, 2.45) is 56.2 Å². The molecule has 9 atom stereocenters. The van der Waals surface area contributed by atoms with Gasteiger partial charge in [0.15, 0.2) is 0 Å². The summed E-state index contributed by atoms with van der Waals surface area (Å²) in [6, 6.07) is 2.61. The predicted molar refractivity (Wildman–Crippen MR) is 167 cm³/mol. The van der Waals surface area contributed by atoms with Crippen LogP contribution < -0.4 is 0 Å². The summed E-state index contributed by atoms with van der Waals surface area (Å²) >= 11 is 0. The van der Waals surface area contributed by atoms with Crippen LogP contribution >= 0.6 is 0 Å². The Labute approximate surface area is 260 Å². The fourth-order valence-corrected chi connectivity index (χ4v) is 12.1. The first-order valence-electron chi connectivity index (χ1n) is 16.9. The number of hydrogen-bond donors (Lipinski definition) is 1. The van der Waals surface area contributed by atoms with Crippen LogP contribution in [0.15, 0.2) is 12.2 Å². The molecule has 0 spiro atoms. The average molecular weight is 596 g/mol. The number of carbonyl (C=O) groups is 2. The maximum Gasteiger partial charge on any atom is 0.309 e. The van der Waals surface area contributed by atoms with Gasteiger partial charge in [-0.1, -0.05) is 41.2 Å². The van der Waals surface area contributed by atoms with E-state index in [2.05, 4.69) is 54.2 Å². The minimum Gasteiger partial charge on any atom is -0.481 e. The number of nitrogens with zero attached hydrogens (tertiary/aromatic N) is 1. The summed E-state index contributed by atoms with van der Waals surface area (Å²) in [5.74, 6) is 0.573. The third-order valence-corrected chi connectivity index (χ3v) is 14.8. The van der Waals surface area contributed by atoms with Gasteiger partial charge >= 0.3 is 11.9 Å². The second-order valence-electron chi connectivity index (χ2n) is 17.6. The van der Waals surface area contributed by atoms with Gasteiger partial charge in [-0.05, 0) is 118 Å². The van der Waals surface area contributed by atoms with Crippen LogP contribution in [0.5, 0.6) is 0 Å². The molecule has 0 aromatic heterocycles. The molecule has 4 saturated carbocycles. The molecule has 0 aromatic carbocycles. The van der Waals surface area contributed by atoms with Crippen molar-refractivity contribution in [2.45, 2.75) is 132 Å². The van der Waals surface area contributed by atoms with Crippen molar-refractivity contribution in [1.29, 1.82) is 5.26 Å². The number of hydrogen-bond acceptors (Lipinski definition) is 5. The summed E-state index contributed by atoms with van der Waals surface area (Å²) in [6.45, 7) is 23.1. The lowest BCUT2D eigenvalue weighted by atomic mass is 9.33. The van der Waals surface area contributed by atoms with Crippen molar-refractivity contribution in [3.8, 4) is 6.07 Å². The van der Waals surface area contributed by atoms with Crippen LogP contribution in [0.1, 0.15) is 126 Å². The van der Waals surface area contributed by atoms with Crippen LogP contribution in [0.3, 0.4) is 0 Å². The standard InChI is InChI=1S/C37H57NO5/c1-24(2)37-19-18-36(23-43-37)17-16-34(8)25(29(36)37)10-11-27-33(7,20-21-38)26(12-15-35(27,34)9)32(5,6)22-42-28(39)13-14-31(3,4)30(40)41/h25-27,29H,1,10-20,22-23H2,2-9H3,(H,40,41)/t25?,26?,27?,29?,33-,34+,35+,36?,37?/m0/s1. The molecular formula is C37H57NO5. The number of fused-ring (bicyclic) bond motifs is 3. The molecule has 5 fully saturated rings. The summed E-state index contributed by atoms with van der Waals surface area (Å²) in [6.07, 6.45) is 10.2. The molecule has 4 aliphatic carbocycles. The van der Waals surface area contributed by atoms with E-state index in [1.54, 1.807) is 13.8 Å². The van der Waals surface area contributed by atoms with Crippen LogP contribution in [0.4, 0.5) is 0 Å². The third kappa shape index (κ3) is 4.56. The Balaban J connectivity index is 1.38. The van der Waals surface area contributed by atoms with E-state index in [0.717, 1.165) is 32.3 Å². The van der Waals surface area contributed by atoms with Gasteiger partial charge in [0.1, 0.15) is 0 Å². The molecule has 6 unspecified atom stereocenters. The summed E-state index contributed by atoms with van der Waals surface area (Å²) in [5.41, 5.74) is 0.208. The van der Waals surface area contributed by atoms with E-state index < -0.39 is 11.4 Å². The number of aliphatic carboxylic acids is 1. The maximum atomic E-state index is 12.7. The van der Waals surface area contributed by atoms with Crippen molar-refractivity contribution in [1.82, 2.24) is 0 Å². The quantitative estimate of drug-likeness (QED) is 0.213. The predicted octanol–water partition coefficient (Wildman–Crippen LogP) is 8.35.